The molecule has 0 aliphatic carbocycles. The number of ether oxygens (including phenoxy) is 1. The van der Waals surface area contributed by atoms with E-state index >= 15 is 0 Å². The van der Waals surface area contributed by atoms with Crippen molar-refractivity contribution in [1.82, 2.24) is 25.5 Å². The monoisotopic (exact) mass is 646 g/mol. The molecule has 6 N–H and O–H groups in total. The SMILES string of the molecule is CC(F)(F)c1ccc(CNC(=O)/C(N)=C/N(N)CC(F)CCc2nnc(NC(=O)Cc3cccc(OC(F)(F)F)c3)s2)nc1. The molecule has 11 nitrogen and oxygen atoms in total. The number of pyridine rings is 1. The van der Waals surface area contributed by atoms with E-state index in [1.807, 2.05) is 0 Å². The number of anilines is 1. The zero-order valence-electron chi connectivity index (χ0n) is 23.1. The summed E-state index contributed by atoms with van der Waals surface area (Å²) in [7, 11) is 0. The molecule has 0 aliphatic heterocycles. The average Bonchev–Trinajstić information content (AvgIpc) is 3.36. The Morgan fingerprint density at radius 2 is 1.91 bits per heavy atom. The molecule has 3 rings (SSSR count). The first-order valence-corrected chi connectivity index (χ1v) is 13.6. The van der Waals surface area contributed by atoms with Crippen molar-refractivity contribution in [1.29, 1.82) is 0 Å². The molecule has 238 valence electrons. The molecular weight excluding hydrogens is 618 g/mol. The molecule has 2 amide bonds. The van der Waals surface area contributed by atoms with Crippen LogP contribution in [0.5, 0.6) is 5.75 Å². The molecule has 1 aromatic carbocycles. The third kappa shape index (κ3) is 11.7. The number of benzene rings is 1. The second-order valence-electron chi connectivity index (χ2n) is 9.45. The van der Waals surface area contributed by atoms with E-state index in [-0.39, 0.29) is 54.3 Å². The Balaban J connectivity index is 1.40. The van der Waals surface area contributed by atoms with Crippen molar-refractivity contribution < 1.29 is 40.7 Å². The van der Waals surface area contributed by atoms with Crippen LogP contribution in [0.15, 0.2) is 54.5 Å². The Kier molecular flexibility index (Phi) is 11.5. The van der Waals surface area contributed by atoms with Crippen LogP contribution in [0.4, 0.5) is 31.5 Å². The molecule has 2 aromatic heterocycles. The van der Waals surface area contributed by atoms with Crippen LogP contribution in [0.2, 0.25) is 0 Å². The molecule has 1 atom stereocenters. The molecule has 0 aliphatic rings. The fourth-order valence-corrected chi connectivity index (χ4v) is 4.33. The van der Waals surface area contributed by atoms with Gasteiger partial charge in [-0.1, -0.05) is 23.5 Å². The van der Waals surface area contributed by atoms with Crippen LogP contribution < -0.4 is 26.9 Å². The lowest BCUT2D eigenvalue weighted by atomic mass is 10.1. The second kappa shape index (κ2) is 14.8. The van der Waals surface area contributed by atoms with Gasteiger partial charge < -0.3 is 26.1 Å². The minimum atomic E-state index is -4.86. The van der Waals surface area contributed by atoms with Gasteiger partial charge in [0.2, 0.25) is 11.0 Å². The normalized spacial score (nSPS) is 12.9. The zero-order chi connectivity index (χ0) is 32.5. The fourth-order valence-electron chi connectivity index (χ4n) is 3.56. The lowest BCUT2D eigenvalue weighted by Gasteiger charge is -2.17. The molecule has 0 bridgehead atoms. The number of amides is 2. The van der Waals surface area contributed by atoms with Gasteiger partial charge in [0.1, 0.15) is 22.6 Å². The van der Waals surface area contributed by atoms with E-state index in [4.69, 9.17) is 11.6 Å². The van der Waals surface area contributed by atoms with Gasteiger partial charge in [0.25, 0.3) is 11.8 Å². The van der Waals surface area contributed by atoms with Gasteiger partial charge >= 0.3 is 6.36 Å². The Bertz CT molecular complexity index is 1450. The quantitative estimate of drug-likeness (QED) is 0.0886. The fraction of sp³-hybridized carbons (Fsp3) is 0.346. The lowest BCUT2D eigenvalue weighted by Crippen LogP contribution is -2.36. The smallest absolute Gasteiger partial charge is 0.406 e. The van der Waals surface area contributed by atoms with E-state index in [2.05, 4.69) is 30.6 Å². The third-order valence-corrected chi connectivity index (χ3v) is 6.52. The number of nitrogens with zero attached hydrogens (tertiary/aromatic N) is 4. The number of aromatic nitrogens is 3. The molecule has 0 fully saturated rings. The Morgan fingerprint density at radius 1 is 1.16 bits per heavy atom. The van der Waals surface area contributed by atoms with Gasteiger partial charge in [-0.2, -0.15) is 0 Å². The van der Waals surface area contributed by atoms with Gasteiger partial charge in [-0.3, -0.25) is 14.6 Å². The van der Waals surface area contributed by atoms with Gasteiger partial charge in [0, 0.05) is 31.3 Å². The van der Waals surface area contributed by atoms with Crippen molar-refractivity contribution in [2.75, 3.05) is 11.9 Å². The number of nitrogens with two attached hydrogens (primary N) is 2. The number of hydrazine groups is 1. The summed E-state index contributed by atoms with van der Waals surface area (Å²) >= 11 is 0.997. The standard InChI is InChI=1S/C26H28F6N8O3S/c1-25(28,29)16-5-7-18(35-11-16)12-36-23(42)20(33)14-40(34)13-17(27)6-8-22-38-39-24(44-22)37-21(41)10-15-3-2-4-19(9-15)43-26(30,31)32/h2-5,7,9,11,14,17H,6,8,10,12-13,33-34H2,1H3,(H,36,42)(H,37,39,41)/b20-14-. The highest BCUT2D eigenvalue weighted by atomic mass is 32.1. The summed E-state index contributed by atoms with van der Waals surface area (Å²) in [4.78, 5) is 28.3. The van der Waals surface area contributed by atoms with Crippen molar-refractivity contribution >= 4 is 28.3 Å². The van der Waals surface area contributed by atoms with Crippen LogP contribution in [0.3, 0.4) is 0 Å². The minimum Gasteiger partial charge on any atom is -0.406 e. The summed E-state index contributed by atoms with van der Waals surface area (Å²) in [6, 6.07) is 7.52. The molecule has 3 aromatic rings. The number of hydrogen-bond donors (Lipinski definition) is 4. The Morgan fingerprint density at radius 3 is 2.57 bits per heavy atom. The summed E-state index contributed by atoms with van der Waals surface area (Å²) in [6.45, 7) is 0.332. The maximum Gasteiger partial charge on any atom is 0.573 e. The summed E-state index contributed by atoms with van der Waals surface area (Å²) in [5.74, 6) is 0.966. The Hall–Kier alpha value is -4.45. The topological polar surface area (TPSA) is 161 Å². The summed E-state index contributed by atoms with van der Waals surface area (Å²) in [5.41, 5.74) is 5.71. The predicted octanol–water partition coefficient (Wildman–Crippen LogP) is 3.69. The number of halogens is 6. The zero-order valence-corrected chi connectivity index (χ0v) is 23.9. The largest absolute Gasteiger partial charge is 0.573 e. The van der Waals surface area contributed by atoms with Gasteiger partial charge in [0.15, 0.2) is 0 Å². The minimum absolute atomic E-state index is 0.0271. The Labute approximate surface area is 251 Å². The summed E-state index contributed by atoms with van der Waals surface area (Å²) in [5, 5.41) is 14.1. The molecule has 44 heavy (non-hydrogen) atoms. The lowest BCUT2D eigenvalue weighted by molar-refractivity contribution is -0.274. The highest BCUT2D eigenvalue weighted by Crippen LogP contribution is 2.26. The number of aryl methyl sites for hydroxylation is 1. The van der Waals surface area contributed by atoms with E-state index in [9.17, 15) is 35.9 Å². The van der Waals surface area contributed by atoms with Crippen molar-refractivity contribution in [3.05, 3.63) is 76.3 Å². The second-order valence-corrected chi connectivity index (χ2v) is 10.5. The van der Waals surface area contributed by atoms with Gasteiger partial charge in [-0.15, -0.1) is 23.4 Å². The van der Waals surface area contributed by atoms with Crippen molar-refractivity contribution in [2.45, 2.75) is 51.2 Å². The van der Waals surface area contributed by atoms with Gasteiger partial charge in [-0.05, 0) is 36.2 Å². The van der Waals surface area contributed by atoms with Crippen LogP contribution in [-0.2, 0) is 34.9 Å². The van der Waals surface area contributed by atoms with E-state index in [1.165, 1.54) is 24.3 Å². The number of carbonyl (C=O) groups is 2. The van der Waals surface area contributed by atoms with Crippen molar-refractivity contribution in [3.8, 4) is 5.75 Å². The first kappa shape index (κ1) is 34.0. The first-order valence-electron chi connectivity index (χ1n) is 12.8. The maximum absolute atomic E-state index is 14.5. The number of alkyl halides is 6. The molecule has 18 heteroatoms. The molecule has 0 radical (unpaired) electrons. The van der Waals surface area contributed by atoms with Crippen LogP contribution in [0, 0.1) is 0 Å². The van der Waals surface area contributed by atoms with Crippen molar-refractivity contribution in [3.63, 3.8) is 0 Å². The molecule has 0 saturated carbocycles. The van der Waals surface area contributed by atoms with Crippen molar-refractivity contribution in [2.24, 2.45) is 11.6 Å². The third-order valence-electron chi connectivity index (χ3n) is 5.62. The number of rotatable bonds is 14. The molecule has 0 saturated heterocycles. The number of hydrogen-bond acceptors (Lipinski definition) is 10. The number of carbonyl (C=O) groups excluding carboxylic acids is 2. The van der Waals surface area contributed by atoms with E-state index < -0.39 is 36.0 Å². The predicted molar refractivity (Wildman–Crippen MR) is 147 cm³/mol. The molecule has 0 spiro atoms. The summed E-state index contributed by atoms with van der Waals surface area (Å²) in [6.07, 6.45) is -4.40. The van der Waals surface area contributed by atoms with E-state index in [0.717, 1.165) is 47.8 Å². The first-order chi connectivity index (χ1) is 20.6. The van der Waals surface area contributed by atoms with E-state index in [1.54, 1.807) is 0 Å². The summed E-state index contributed by atoms with van der Waals surface area (Å²) < 4.78 is 82.1. The highest BCUT2D eigenvalue weighted by molar-refractivity contribution is 7.15. The van der Waals surface area contributed by atoms with E-state index in [0.29, 0.717) is 10.7 Å². The van der Waals surface area contributed by atoms with Gasteiger partial charge in [-0.25, -0.2) is 19.0 Å². The highest BCUT2D eigenvalue weighted by Gasteiger charge is 2.31. The van der Waals surface area contributed by atoms with Crippen LogP contribution in [0.25, 0.3) is 0 Å². The molecule has 2 heterocycles. The number of nitrogens with one attached hydrogen (secondary N) is 2. The van der Waals surface area contributed by atoms with Gasteiger partial charge in [0.05, 0.1) is 25.2 Å². The van der Waals surface area contributed by atoms with Crippen LogP contribution in [0.1, 0.15) is 35.2 Å². The maximum atomic E-state index is 14.5. The van der Waals surface area contributed by atoms with Crippen LogP contribution in [-0.4, -0.2) is 51.1 Å². The molecular formula is C26H28F6N8O3S. The van der Waals surface area contributed by atoms with Crippen LogP contribution >= 0.6 is 11.3 Å². The molecule has 1 unspecified atom stereocenters. The average molecular weight is 647 g/mol.